The van der Waals surface area contributed by atoms with E-state index in [1.165, 1.54) is 0 Å². The van der Waals surface area contributed by atoms with E-state index >= 15 is 0 Å². The predicted molar refractivity (Wildman–Crippen MR) is 91.8 cm³/mol. The van der Waals surface area contributed by atoms with Crippen molar-refractivity contribution >= 4 is 23.6 Å². The van der Waals surface area contributed by atoms with Crippen molar-refractivity contribution in [2.75, 3.05) is 33.4 Å². The molecule has 0 aliphatic heterocycles. The summed E-state index contributed by atoms with van der Waals surface area (Å²) in [5.74, 6) is -1.26. The molecule has 1 amide bonds. The van der Waals surface area contributed by atoms with E-state index in [0.717, 1.165) is 0 Å². The van der Waals surface area contributed by atoms with Gasteiger partial charge < -0.3 is 20.1 Å². The minimum Gasteiger partial charge on any atom is -0.462 e. The molecular weight excluding hydrogens is 328 g/mol. The molecule has 0 bridgehead atoms. The Morgan fingerprint density at radius 1 is 0.800 bits per heavy atom. The maximum absolute atomic E-state index is 11.7. The Morgan fingerprint density at radius 2 is 1.32 bits per heavy atom. The molecule has 0 unspecified atom stereocenters. The molecule has 8 heteroatoms. The van der Waals surface area contributed by atoms with E-state index in [1.807, 2.05) is 0 Å². The van der Waals surface area contributed by atoms with Gasteiger partial charge in [-0.15, -0.1) is 0 Å². The number of likely N-dealkylation sites (N-methyl/N-ethyl adjacent to an activating group) is 1. The van der Waals surface area contributed by atoms with Gasteiger partial charge in [-0.1, -0.05) is 20.8 Å². The third-order valence-electron chi connectivity index (χ3n) is 3.26. The summed E-state index contributed by atoms with van der Waals surface area (Å²) < 4.78 is 9.76. The quantitative estimate of drug-likeness (QED) is 0.388. The van der Waals surface area contributed by atoms with E-state index in [-0.39, 0.29) is 50.6 Å². The van der Waals surface area contributed by atoms with Gasteiger partial charge in [0, 0.05) is 31.3 Å². The molecule has 8 nitrogen and oxygen atoms in total. The van der Waals surface area contributed by atoms with E-state index in [0.29, 0.717) is 13.1 Å². The molecule has 0 heterocycles. The van der Waals surface area contributed by atoms with Crippen molar-refractivity contribution in [3.8, 4) is 0 Å². The smallest absolute Gasteiger partial charge is 0.306 e. The molecule has 0 saturated carbocycles. The van der Waals surface area contributed by atoms with Crippen LogP contribution in [0.1, 0.15) is 46.5 Å². The molecule has 0 aliphatic rings. The van der Waals surface area contributed by atoms with Crippen LogP contribution in [0, 0.1) is 5.41 Å². The molecule has 0 aromatic heterocycles. The van der Waals surface area contributed by atoms with Gasteiger partial charge in [-0.2, -0.15) is 0 Å². The number of hydrogen-bond acceptors (Lipinski definition) is 7. The lowest BCUT2D eigenvalue weighted by atomic mass is 9.88. The lowest BCUT2D eigenvalue weighted by Gasteiger charge is -2.15. The van der Waals surface area contributed by atoms with Gasteiger partial charge in [0.05, 0.1) is 12.8 Å². The molecule has 0 atom stereocenters. The standard InChI is InChI=1S/C17H30N2O6/c1-17(2,3)13(20)5-7-15(22)24-11-12-25-16(23)8-6-14(21)19-10-9-18-4/h18H,5-12H2,1-4H3,(H,19,21). The minimum absolute atomic E-state index is 0.0103. The highest BCUT2D eigenvalue weighted by Crippen LogP contribution is 2.17. The number of ketones is 1. The van der Waals surface area contributed by atoms with E-state index in [4.69, 9.17) is 9.47 Å². The Bertz CT molecular complexity index is 457. The van der Waals surface area contributed by atoms with Gasteiger partial charge in [-0.3, -0.25) is 19.2 Å². The number of Topliss-reactive ketones (excluding diaryl/α,β-unsaturated/α-hetero) is 1. The van der Waals surface area contributed by atoms with Crippen molar-refractivity contribution in [3.63, 3.8) is 0 Å². The van der Waals surface area contributed by atoms with Crippen LogP contribution >= 0.6 is 0 Å². The van der Waals surface area contributed by atoms with E-state index in [1.54, 1.807) is 27.8 Å². The van der Waals surface area contributed by atoms with Crippen molar-refractivity contribution in [2.24, 2.45) is 5.41 Å². The first-order valence-electron chi connectivity index (χ1n) is 8.42. The minimum atomic E-state index is -0.525. The van der Waals surface area contributed by atoms with Crippen molar-refractivity contribution in [1.82, 2.24) is 10.6 Å². The van der Waals surface area contributed by atoms with Gasteiger partial charge in [0.1, 0.15) is 19.0 Å². The number of nitrogens with one attached hydrogen (secondary N) is 2. The zero-order valence-electron chi connectivity index (χ0n) is 15.6. The van der Waals surface area contributed by atoms with Gasteiger partial charge in [-0.05, 0) is 7.05 Å². The topological polar surface area (TPSA) is 111 Å². The van der Waals surface area contributed by atoms with E-state index < -0.39 is 17.4 Å². The van der Waals surface area contributed by atoms with Crippen molar-refractivity contribution < 1.29 is 28.7 Å². The molecule has 0 fully saturated rings. The molecule has 0 rings (SSSR count). The van der Waals surface area contributed by atoms with Gasteiger partial charge >= 0.3 is 11.9 Å². The molecule has 0 radical (unpaired) electrons. The summed E-state index contributed by atoms with van der Waals surface area (Å²) >= 11 is 0. The summed E-state index contributed by atoms with van der Waals surface area (Å²) in [6.45, 7) is 6.39. The lowest BCUT2D eigenvalue weighted by molar-refractivity contribution is -0.153. The Labute approximate surface area is 149 Å². The van der Waals surface area contributed by atoms with E-state index in [9.17, 15) is 19.2 Å². The second kappa shape index (κ2) is 12.4. The average Bonchev–Trinajstić information content (AvgIpc) is 2.54. The third kappa shape index (κ3) is 13.1. The summed E-state index contributed by atoms with van der Waals surface area (Å²) in [6.07, 6.45) is 0.165. The Balaban J connectivity index is 3.69. The van der Waals surface area contributed by atoms with Crippen molar-refractivity contribution in [2.45, 2.75) is 46.5 Å². The maximum atomic E-state index is 11.7. The molecule has 0 spiro atoms. The largest absolute Gasteiger partial charge is 0.462 e. The molecule has 0 aromatic carbocycles. The summed E-state index contributed by atoms with van der Waals surface area (Å²) in [5.41, 5.74) is -0.477. The number of carbonyl (C=O) groups is 4. The highest BCUT2D eigenvalue weighted by Gasteiger charge is 2.21. The van der Waals surface area contributed by atoms with Gasteiger partial charge in [0.25, 0.3) is 0 Å². The Kier molecular flexibility index (Phi) is 11.4. The number of rotatable bonds is 12. The molecule has 2 N–H and O–H groups in total. The van der Waals surface area contributed by atoms with Gasteiger partial charge in [-0.25, -0.2) is 0 Å². The summed E-state index contributed by atoms with van der Waals surface area (Å²) in [5, 5.41) is 5.54. The first-order chi connectivity index (χ1) is 11.7. The fourth-order valence-corrected chi connectivity index (χ4v) is 1.68. The number of hydrogen-bond donors (Lipinski definition) is 2. The highest BCUT2D eigenvalue weighted by atomic mass is 16.6. The highest BCUT2D eigenvalue weighted by molar-refractivity contribution is 5.86. The van der Waals surface area contributed by atoms with Crippen LogP contribution in [0.15, 0.2) is 0 Å². The zero-order valence-corrected chi connectivity index (χ0v) is 15.6. The second-order valence-corrected chi connectivity index (χ2v) is 6.57. The summed E-state index contributed by atoms with van der Waals surface area (Å²) in [7, 11) is 1.78. The van der Waals surface area contributed by atoms with Gasteiger partial charge in [0.15, 0.2) is 0 Å². The molecular formula is C17H30N2O6. The monoisotopic (exact) mass is 358 g/mol. The lowest BCUT2D eigenvalue weighted by Crippen LogP contribution is -2.30. The summed E-state index contributed by atoms with van der Waals surface area (Å²) in [4.78, 5) is 46.0. The first kappa shape index (κ1) is 23.0. The van der Waals surface area contributed by atoms with Crippen LogP contribution in [0.4, 0.5) is 0 Å². The molecule has 25 heavy (non-hydrogen) atoms. The first-order valence-corrected chi connectivity index (χ1v) is 8.42. The van der Waals surface area contributed by atoms with Crippen molar-refractivity contribution in [1.29, 1.82) is 0 Å². The number of ether oxygens (including phenoxy) is 2. The van der Waals surface area contributed by atoms with Crippen LogP contribution in [0.2, 0.25) is 0 Å². The van der Waals surface area contributed by atoms with Crippen LogP contribution in [-0.2, 0) is 28.7 Å². The fraction of sp³-hybridized carbons (Fsp3) is 0.765. The fourth-order valence-electron chi connectivity index (χ4n) is 1.68. The van der Waals surface area contributed by atoms with Crippen LogP contribution in [0.25, 0.3) is 0 Å². The van der Waals surface area contributed by atoms with Crippen LogP contribution in [-0.4, -0.2) is 57.0 Å². The van der Waals surface area contributed by atoms with Crippen LogP contribution < -0.4 is 10.6 Å². The Morgan fingerprint density at radius 3 is 1.80 bits per heavy atom. The van der Waals surface area contributed by atoms with Gasteiger partial charge in [0.2, 0.25) is 5.91 Å². The predicted octanol–water partition coefficient (Wildman–Crippen LogP) is 0.584. The number of carbonyl (C=O) groups excluding carboxylic acids is 4. The SMILES string of the molecule is CNCCNC(=O)CCC(=O)OCCOC(=O)CCC(=O)C(C)(C)C. The van der Waals surface area contributed by atoms with Crippen LogP contribution in [0.5, 0.6) is 0 Å². The zero-order chi connectivity index (χ0) is 19.3. The normalized spacial score (nSPS) is 10.9. The molecule has 0 saturated heterocycles. The molecule has 0 aliphatic carbocycles. The summed E-state index contributed by atoms with van der Waals surface area (Å²) in [6, 6.07) is 0. The maximum Gasteiger partial charge on any atom is 0.306 e. The second-order valence-electron chi connectivity index (χ2n) is 6.57. The number of esters is 2. The third-order valence-corrected chi connectivity index (χ3v) is 3.26. The van der Waals surface area contributed by atoms with Crippen LogP contribution in [0.3, 0.4) is 0 Å². The number of amides is 1. The average molecular weight is 358 g/mol. The van der Waals surface area contributed by atoms with E-state index in [2.05, 4.69) is 10.6 Å². The Hall–Kier alpha value is -1.96. The molecule has 0 aromatic rings. The molecule has 144 valence electrons. The van der Waals surface area contributed by atoms with Crippen molar-refractivity contribution in [3.05, 3.63) is 0 Å².